The number of ether oxygens (including phenoxy) is 2. The van der Waals surface area contributed by atoms with Crippen LogP contribution in [0.4, 0.5) is 0 Å². The van der Waals surface area contributed by atoms with E-state index in [-0.39, 0.29) is 0 Å². The summed E-state index contributed by atoms with van der Waals surface area (Å²) in [5, 5.41) is 4.81. The van der Waals surface area contributed by atoms with Crippen molar-refractivity contribution in [1.29, 1.82) is 0 Å². The van der Waals surface area contributed by atoms with Gasteiger partial charge in [-0.25, -0.2) is 4.68 Å². The molecule has 1 aromatic carbocycles. The average Bonchev–Trinajstić information content (AvgIpc) is 3.43. The lowest BCUT2D eigenvalue weighted by Crippen LogP contribution is -2.39. The summed E-state index contributed by atoms with van der Waals surface area (Å²) in [6, 6.07) is 8.33. The topological polar surface area (TPSA) is 43.9 Å². The van der Waals surface area contributed by atoms with Crippen LogP contribution in [-0.2, 0) is 16.1 Å². The monoisotopic (exact) mass is 404 g/mol. The minimum absolute atomic E-state index is 0.310. The fourth-order valence-electron chi connectivity index (χ4n) is 4.11. The molecule has 144 valence electrons. The standard InChI is InChI=1S/C19H24N4O2S2/c26-19-22(20-18-23(19)16-7-1-2-8-17(16)27-18)13-21(11-14-5-3-9-24-14)12-15-6-4-10-25-15/h1-2,7-8,14-15H,3-6,9-13H2/t14-,15-/m0/s1. The minimum Gasteiger partial charge on any atom is -0.377 e. The van der Waals surface area contributed by atoms with Crippen molar-refractivity contribution >= 4 is 38.7 Å². The van der Waals surface area contributed by atoms with E-state index in [1.165, 1.54) is 4.70 Å². The molecule has 2 aromatic heterocycles. The first-order valence-electron chi connectivity index (χ1n) is 9.70. The third-order valence-corrected chi connectivity index (χ3v) is 6.83. The summed E-state index contributed by atoms with van der Waals surface area (Å²) in [6.07, 6.45) is 5.20. The summed E-state index contributed by atoms with van der Waals surface area (Å²) in [7, 11) is 0. The first kappa shape index (κ1) is 17.8. The van der Waals surface area contributed by atoms with E-state index in [1.54, 1.807) is 11.3 Å². The molecular formula is C19H24N4O2S2. The van der Waals surface area contributed by atoms with Gasteiger partial charge in [-0.05, 0) is 50.0 Å². The predicted molar refractivity (Wildman–Crippen MR) is 109 cm³/mol. The van der Waals surface area contributed by atoms with Gasteiger partial charge in [0, 0.05) is 26.3 Å². The van der Waals surface area contributed by atoms with Gasteiger partial charge in [0.05, 0.1) is 29.1 Å². The second kappa shape index (κ2) is 7.60. The van der Waals surface area contributed by atoms with E-state index >= 15 is 0 Å². The van der Waals surface area contributed by atoms with Gasteiger partial charge in [0.15, 0.2) is 0 Å². The van der Waals surface area contributed by atoms with Crippen molar-refractivity contribution in [3.8, 4) is 0 Å². The highest BCUT2D eigenvalue weighted by atomic mass is 32.1. The van der Waals surface area contributed by atoms with Gasteiger partial charge in [-0.2, -0.15) is 0 Å². The Kier molecular flexibility index (Phi) is 5.00. The fourth-order valence-corrected chi connectivity index (χ4v) is 5.47. The van der Waals surface area contributed by atoms with Crippen LogP contribution in [0.15, 0.2) is 24.3 Å². The molecule has 5 rings (SSSR count). The molecule has 0 unspecified atom stereocenters. The lowest BCUT2D eigenvalue weighted by molar-refractivity contribution is 0.0235. The molecule has 8 heteroatoms. The third kappa shape index (κ3) is 3.56. The van der Waals surface area contributed by atoms with Crippen LogP contribution < -0.4 is 0 Å². The second-order valence-corrected chi connectivity index (χ2v) is 8.79. The Balaban J connectivity index is 1.42. The number of para-hydroxylation sites is 1. The molecule has 2 aliphatic rings. The number of aromatic nitrogens is 3. The van der Waals surface area contributed by atoms with Crippen molar-refractivity contribution in [1.82, 2.24) is 19.1 Å². The highest BCUT2D eigenvalue weighted by Gasteiger charge is 2.25. The molecule has 2 aliphatic heterocycles. The molecule has 0 aliphatic carbocycles. The Morgan fingerprint density at radius 1 is 1.11 bits per heavy atom. The molecule has 0 saturated carbocycles. The van der Waals surface area contributed by atoms with Gasteiger partial charge in [0.25, 0.3) is 0 Å². The maximum atomic E-state index is 5.88. The third-order valence-electron chi connectivity index (χ3n) is 5.42. The van der Waals surface area contributed by atoms with E-state index in [2.05, 4.69) is 33.6 Å². The summed E-state index contributed by atoms with van der Waals surface area (Å²) in [4.78, 5) is 3.36. The van der Waals surface area contributed by atoms with Crippen molar-refractivity contribution in [3.63, 3.8) is 0 Å². The molecule has 4 heterocycles. The van der Waals surface area contributed by atoms with Gasteiger partial charge in [-0.1, -0.05) is 23.5 Å². The van der Waals surface area contributed by atoms with Crippen molar-refractivity contribution in [2.45, 2.75) is 44.6 Å². The molecule has 27 heavy (non-hydrogen) atoms. The van der Waals surface area contributed by atoms with E-state index in [1.807, 2.05) is 4.68 Å². The van der Waals surface area contributed by atoms with E-state index in [0.29, 0.717) is 18.9 Å². The van der Waals surface area contributed by atoms with Crippen LogP contribution >= 0.6 is 23.6 Å². The zero-order chi connectivity index (χ0) is 18.2. The zero-order valence-corrected chi connectivity index (χ0v) is 16.9. The quantitative estimate of drug-likeness (QED) is 0.586. The molecule has 2 fully saturated rings. The maximum Gasteiger partial charge on any atom is 0.216 e. The normalized spacial score (nSPS) is 23.3. The second-order valence-electron chi connectivity index (χ2n) is 7.42. The van der Waals surface area contributed by atoms with Gasteiger partial charge in [0.1, 0.15) is 0 Å². The Morgan fingerprint density at radius 2 is 1.81 bits per heavy atom. The smallest absolute Gasteiger partial charge is 0.216 e. The Morgan fingerprint density at radius 3 is 2.48 bits per heavy atom. The van der Waals surface area contributed by atoms with Crippen LogP contribution in [0.3, 0.4) is 0 Å². The molecule has 0 radical (unpaired) electrons. The molecule has 0 amide bonds. The van der Waals surface area contributed by atoms with Crippen molar-refractivity contribution < 1.29 is 9.47 Å². The highest BCUT2D eigenvalue weighted by molar-refractivity contribution is 7.71. The molecule has 2 atom stereocenters. The van der Waals surface area contributed by atoms with E-state index in [9.17, 15) is 0 Å². The van der Waals surface area contributed by atoms with Crippen LogP contribution in [0.2, 0.25) is 0 Å². The van der Waals surface area contributed by atoms with Gasteiger partial charge < -0.3 is 9.47 Å². The lowest BCUT2D eigenvalue weighted by Gasteiger charge is -2.27. The van der Waals surface area contributed by atoms with Gasteiger partial charge in [-0.3, -0.25) is 9.30 Å². The zero-order valence-electron chi connectivity index (χ0n) is 15.2. The summed E-state index contributed by atoms with van der Waals surface area (Å²) >= 11 is 7.46. The number of hydrogen-bond donors (Lipinski definition) is 0. The molecule has 0 N–H and O–H groups in total. The lowest BCUT2D eigenvalue weighted by atomic mass is 10.2. The molecule has 6 nitrogen and oxygen atoms in total. The number of thiazole rings is 1. The number of fused-ring (bicyclic) bond motifs is 3. The van der Waals surface area contributed by atoms with Gasteiger partial charge in [0.2, 0.25) is 9.73 Å². The summed E-state index contributed by atoms with van der Waals surface area (Å²) in [5.41, 5.74) is 1.14. The van der Waals surface area contributed by atoms with Crippen molar-refractivity contribution in [2.24, 2.45) is 0 Å². The van der Waals surface area contributed by atoms with Gasteiger partial charge in [-0.15, -0.1) is 5.10 Å². The molecule has 2 saturated heterocycles. The summed E-state index contributed by atoms with van der Waals surface area (Å²) in [5.74, 6) is 0. The van der Waals surface area contributed by atoms with Crippen molar-refractivity contribution in [3.05, 3.63) is 29.0 Å². The first-order valence-corrected chi connectivity index (χ1v) is 10.9. The van der Waals surface area contributed by atoms with Crippen LogP contribution in [-0.4, -0.2) is 57.6 Å². The van der Waals surface area contributed by atoms with Crippen LogP contribution in [0.25, 0.3) is 15.2 Å². The SMILES string of the molecule is S=c1n(CN(C[C@@H]2CCCO2)C[C@@H]2CCCO2)nc2sc3ccccc3n12. The Bertz CT molecular complexity index is 965. The van der Waals surface area contributed by atoms with E-state index < -0.39 is 0 Å². The highest BCUT2D eigenvalue weighted by Crippen LogP contribution is 2.26. The summed E-state index contributed by atoms with van der Waals surface area (Å²) in [6.45, 7) is 4.26. The molecule has 0 bridgehead atoms. The Labute approximate surface area is 167 Å². The van der Waals surface area contributed by atoms with Crippen LogP contribution in [0.5, 0.6) is 0 Å². The minimum atomic E-state index is 0.310. The van der Waals surface area contributed by atoms with Crippen molar-refractivity contribution in [2.75, 3.05) is 26.3 Å². The van der Waals surface area contributed by atoms with Crippen LogP contribution in [0.1, 0.15) is 25.7 Å². The van der Waals surface area contributed by atoms with E-state index in [0.717, 1.165) is 67.2 Å². The van der Waals surface area contributed by atoms with E-state index in [4.69, 9.17) is 26.8 Å². The molecule has 3 aromatic rings. The summed E-state index contributed by atoms with van der Waals surface area (Å²) < 4.78 is 17.8. The average molecular weight is 405 g/mol. The predicted octanol–water partition coefficient (Wildman–Crippen LogP) is 3.70. The van der Waals surface area contributed by atoms with Crippen LogP contribution in [0, 0.1) is 4.77 Å². The number of nitrogens with zero attached hydrogens (tertiary/aromatic N) is 4. The Hall–Kier alpha value is -1.32. The number of benzene rings is 1. The largest absolute Gasteiger partial charge is 0.377 e. The first-order chi connectivity index (χ1) is 13.3. The maximum absolute atomic E-state index is 5.88. The van der Waals surface area contributed by atoms with Gasteiger partial charge >= 0.3 is 0 Å². The molecule has 0 spiro atoms. The molecular weight excluding hydrogens is 380 g/mol. The fraction of sp³-hybridized carbons (Fsp3) is 0.579. The number of hydrogen-bond acceptors (Lipinski definition) is 6. The number of rotatable bonds is 6.